The predicted molar refractivity (Wildman–Crippen MR) is 101 cm³/mol. The third-order valence-corrected chi connectivity index (χ3v) is 10.9. The first-order chi connectivity index (χ1) is 10.2. The first-order valence-electron chi connectivity index (χ1n) is 7.72. The number of benzene rings is 2. The molecule has 118 valence electrons. The Morgan fingerprint density at radius 3 is 1.00 bits per heavy atom. The standard InChI is InChI=1S/C20H26Se2/c1-19(2,3)15-7-11-17(12-8-15)21-22-18-13-9-16(10-14-18)20(4,5)6/h7-14H,1-6H3. The molecule has 0 N–H and O–H groups in total. The summed E-state index contributed by atoms with van der Waals surface area (Å²) in [6, 6.07) is 18.5. The molecule has 0 aliphatic rings. The van der Waals surface area contributed by atoms with Crippen molar-refractivity contribution >= 4 is 35.2 Å². The van der Waals surface area contributed by atoms with Gasteiger partial charge in [0, 0.05) is 0 Å². The molecule has 22 heavy (non-hydrogen) atoms. The van der Waals surface area contributed by atoms with Crippen molar-refractivity contribution in [2.45, 2.75) is 52.4 Å². The quantitative estimate of drug-likeness (QED) is 0.662. The predicted octanol–water partition coefficient (Wildman–Crippen LogP) is 3.56. The van der Waals surface area contributed by atoms with Crippen LogP contribution in [0.5, 0.6) is 0 Å². The van der Waals surface area contributed by atoms with Crippen LogP contribution in [0.1, 0.15) is 52.7 Å². The monoisotopic (exact) mass is 426 g/mol. The Morgan fingerprint density at radius 2 is 0.773 bits per heavy atom. The SMILES string of the molecule is CC(C)(C)c1ccc([Se][Se]c2ccc(C(C)(C)C)cc2)cc1. The van der Waals surface area contributed by atoms with Crippen LogP contribution in [0.2, 0.25) is 0 Å². The Balaban J connectivity index is 1.98. The average Bonchev–Trinajstić information content (AvgIpc) is 2.44. The Bertz CT molecular complexity index is 539. The van der Waals surface area contributed by atoms with Gasteiger partial charge in [-0.3, -0.25) is 0 Å². The second kappa shape index (κ2) is 6.93. The Labute approximate surface area is 147 Å². The minimum absolute atomic E-state index is 0.249. The summed E-state index contributed by atoms with van der Waals surface area (Å²) in [6.45, 7) is 13.6. The van der Waals surface area contributed by atoms with E-state index in [1.54, 1.807) is 0 Å². The number of hydrogen-bond acceptors (Lipinski definition) is 0. The summed E-state index contributed by atoms with van der Waals surface area (Å²) in [7, 11) is 0. The van der Waals surface area contributed by atoms with Crippen molar-refractivity contribution in [3.8, 4) is 0 Å². The number of rotatable bonds is 3. The summed E-state index contributed by atoms with van der Waals surface area (Å²) in [5, 5.41) is 0. The topological polar surface area (TPSA) is 0 Å². The third kappa shape index (κ3) is 5.00. The second-order valence-corrected chi connectivity index (χ2v) is 14.0. The van der Waals surface area contributed by atoms with E-state index >= 15 is 0 Å². The van der Waals surface area contributed by atoms with Crippen molar-refractivity contribution in [3.63, 3.8) is 0 Å². The molecule has 0 heterocycles. The summed E-state index contributed by atoms with van der Waals surface area (Å²) >= 11 is 1.15. The molecule has 0 bridgehead atoms. The zero-order chi connectivity index (χ0) is 16.4. The van der Waals surface area contributed by atoms with E-state index in [1.165, 1.54) is 20.1 Å². The average molecular weight is 424 g/mol. The summed E-state index contributed by atoms with van der Waals surface area (Å²) < 4.78 is 3.03. The molecule has 0 unspecified atom stereocenters. The molecule has 2 aromatic rings. The van der Waals surface area contributed by atoms with Gasteiger partial charge in [0.1, 0.15) is 0 Å². The van der Waals surface area contributed by atoms with Crippen LogP contribution in [-0.2, 0) is 10.8 Å². The molecule has 0 amide bonds. The Kier molecular flexibility index (Phi) is 5.62. The molecule has 0 aliphatic carbocycles. The third-order valence-electron chi connectivity index (χ3n) is 3.67. The molecule has 0 nitrogen and oxygen atoms in total. The first-order valence-corrected chi connectivity index (χ1v) is 13.8. The van der Waals surface area contributed by atoms with Gasteiger partial charge in [-0.05, 0) is 0 Å². The van der Waals surface area contributed by atoms with Crippen molar-refractivity contribution < 1.29 is 0 Å². The zero-order valence-electron chi connectivity index (χ0n) is 14.4. The molecular formula is C20H26Se2. The van der Waals surface area contributed by atoms with Gasteiger partial charge in [-0.1, -0.05) is 0 Å². The van der Waals surface area contributed by atoms with Crippen molar-refractivity contribution in [2.24, 2.45) is 0 Å². The molecular weight excluding hydrogens is 398 g/mol. The molecule has 0 aromatic heterocycles. The fourth-order valence-electron chi connectivity index (χ4n) is 2.12. The van der Waals surface area contributed by atoms with Gasteiger partial charge in [-0.25, -0.2) is 0 Å². The Morgan fingerprint density at radius 1 is 0.500 bits per heavy atom. The maximum absolute atomic E-state index is 2.33. The molecule has 0 fully saturated rings. The van der Waals surface area contributed by atoms with Gasteiger partial charge in [0.2, 0.25) is 0 Å². The summed E-state index contributed by atoms with van der Waals surface area (Å²) in [5.41, 5.74) is 3.35. The van der Waals surface area contributed by atoms with Crippen LogP contribution in [0.3, 0.4) is 0 Å². The van der Waals surface area contributed by atoms with E-state index in [9.17, 15) is 0 Å². The van der Waals surface area contributed by atoms with Crippen LogP contribution in [0.15, 0.2) is 48.5 Å². The Hall–Kier alpha value is -0.521. The molecule has 0 saturated carbocycles. The molecule has 0 atom stereocenters. The van der Waals surface area contributed by atoms with E-state index in [2.05, 4.69) is 90.1 Å². The van der Waals surface area contributed by atoms with Crippen molar-refractivity contribution in [1.29, 1.82) is 0 Å². The molecule has 2 heteroatoms. The van der Waals surface area contributed by atoms with Crippen LogP contribution >= 0.6 is 0 Å². The maximum atomic E-state index is 2.33. The second-order valence-electron chi connectivity index (χ2n) is 7.72. The van der Waals surface area contributed by atoms with Crippen LogP contribution in [0, 0.1) is 0 Å². The van der Waals surface area contributed by atoms with Gasteiger partial charge in [0.15, 0.2) is 0 Å². The van der Waals surface area contributed by atoms with E-state index in [-0.39, 0.29) is 10.8 Å². The summed E-state index contributed by atoms with van der Waals surface area (Å²) in [5.74, 6) is 0. The van der Waals surface area contributed by atoms with Crippen molar-refractivity contribution in [3.05, 3.63) is 59.7 Å². The van der Waals surface area contributed by atoms with Gasteiger partial charge in [0.25, 0.3) is 0 Å². The van der Waals surface area contributed by atoms with E-state index in [1.807, 2.05) is 0 Å². The molecule has 0 spiro atoms. The van der Waals surface area contributed by atoms with Gasteiger partial charge in [-0.2, -0.15) is 0 Å². The van der Waals surface area contributed by atoms with Crippen LogP contribution < -0.4 is 8.92 Å². The van der Waals surface area contributed by atoms with Crippen LogP contribution in [-0.4, -0.2) is 26.3 Å². The van der Waals surface area contributed by atoms with Crippen molar-refractivity contribution in [2.75, 3.05) is 0 Å². The van der Waals surface area contributed by atoms with Crippen LogP contribution in [0.25, 0.3) is 0 Å². The molecule has 0 radical (unpaired) electrons. The molecule has 2 rings (SSSR count). The van der Waals surface area contributed by atoms with Crippen LogP contribution in [0.4, 0.5) is 0 Å². The normalized spacial score (nSPS) is 12.5. The molecule has 0 aliphatic heterocycles. The van der Waals surface area contributed by atoms with E-state index < -0.39 is 0 Å². The summed E-state index contributed by atoms with van der Waals surface area (Å²) in [4.78, 5) is 0. The fourth-order valence-corrected chi connectivity index (χ4v) is 8.08. The van der Waals surface area contributed by atoms with Gasteiger partial charge >= 0.3 is 147 Å². The van der Waals surface area contributed by atoms with Gasteiger partial charge in [-0.15, -0.1) is 0 Å². The van der Waals surface area contributed by atoms with E-state index in [4.69, 9.17) is 0 Å². The summed E-state index contributed by atoms with van der Waals surface area (Å²) in [6.07, 6.45) is 0. The first kappa shape index (κ1) is 17.8. The number of hydrogen-bond donors (Lipinski definition) is 0. The zero-order valence-corrected chi connectivity index (χ0v) is 17.9. The van der Waals surface area contributed by atoms with E-state index in [0.29, 0.717) is 26.3 Å². The van der Waals surface area contributed by atoms with Crippen molar-refractivity contribution in [1.82, 2.24) is 0 Å². The van der Waals surface area contributed by atoms with Gasteiger partial charge < -0.3 is 0 Å². The van der Waals surface area contributed by atoms with E-state index in [0.717, 1.165) is 0 Å². The molecule has 2 aromatic carbocycles. The molecule has 0 saturated heterocycles. The minimum atomic E-state index is 0.249. The fraction of sp³-hybridized carbons (Fsp3) is 0.400. The van der Waals surface area contributed by atoms with Gasteiger partial charge in [0.05, 0.1) is 0 Å².